The van der Waals surface area contributed by atoms with E-state index in [1.54, 1.807) is 0 Å². The summed E-state index contributed by atoms with van der Waals surface area (Å²) in [5, 5.41) is 17.8. The summed E-state index contributed by atoms with van der Waals surface area (Å²) in [6.07, 6.45) is 3.99. The lowest BCUT2D eigenvalue weighted by Gasteiger charge is -2.25. The zero-order chi connectivity index (χ0) is 15.9. The second kappa shape index (κ2) is 8.22. The Bertz CT molecular complexity index is 349. The van der Waals surface area contributed by atoms with E-state index in [9.17, 15) is 9.59 Å². The molecule has 1 unspecified atom stereocenters. The fourth-order valence-electron chi connectivity index (χ4n) is 2.24. The molecule has 1 rings (SSSR count). The molecule has 1 aliphatic carbocycles. The van der Waals surface area contributed by atoms with Crippen molar-refractivity contribution in [2.24, 2.45) is 5.41 Å². The topological polar surface area (TPSA) is 90.5 Å². The SMILES string of the molecule is CC(C)(C)CC(CC(=O)O)NC(=O)NCCCNC1CC1. The number of carbonyl (C=O) groups excluding carboxylic acids is 1. The minimum atomic E-state index is -0.891. The minimum absolute atomic E-state index is 0.0262. The van der Waals surface area contributed by atoms with Crippen molar-refractivity contribution in [2.75, 3.05) is 13.1 Å². The smallest absolute Gasteiger partial charge is 0.315 e. The first-order valence-electron chi connectivity index (χ1n) is 7.76. The molecule has 2 amide bonds. The van der Waals surface area contributed by atoms with E-state index in [0.717, 1.165) is 13.0 Å². The quantitative estimate of drug-likeness (QED) is 0.488. The Kier molecular flexibility index (Phi) is 6.95. The van der Waals surface area contributed by atoms with Gasteiger partial charge in [-0.2, -0.15) is 0 Å². The van der Waals surface area contributed by atoms with Crippen molar-refractivity contribution in [3.05, 3.63) is 0 Å². The van der Waals surface area contributed by atoms with Gasteiger partial charge in [0.2, 0.25) is 0 Å². The summed E-state index contributed by atoms with van der Waals surface area (Å²) in [6, 6.07) is 0.0644. The molecule has 0 heterocycles. The number of aliphatic carboxylic acids is 1. The maximum Gasteiger partial charge on any atom is 0.315 e. The number of carbonyl (C=O) groups is 2. The fourth-order valence-corrected chi connectivity index (χ4v) is 2.24. The monoisotopic (exact) mass is 299 g/mol. The van der Waals surface area contributed by atoms with Gasteiger partial charge in [0.05, 0.1) is 6.42 Å². The molecular weight excluding hydrogens is 270 g/mol. The van der Waals surface area contributed by atoms with Gasteiger partial charge in [-0.05, 0) is 37.6 Å². The van der Waals surface area contributed by atoms with E-state index < -0.39 is 5.97 Å². The first-order chi connectivity index (χ1) is 9.76. The van der Waals surface area contributed by atoms with Crippen LogP contribution >= 0.6 is 0 Å². The molecule has 0 radical (unpaired) electrons. The molecule has 122 valence electrons. The van der Waals surface area contributed by atoms with Crippen molar-refractivity contribution in [3.8, 4) is 0 Å². The molecule has 0 spiro atoms. The summed E-state index contributed by atoms with van der Waals surface area (Å²) >= 11 is 0. The molecule has 4 N–H and O–H groups in total. The molecule has 6 nitrogen and oxygen atoms in total. The van der Waals surface area contributed by atoms with E-state index in [4.69, 9.17) is 5.11 Å². The third-order valence-electron chi connectivity index (χ3n) is 3.26. The summed E-state index contributed by atoms with van der Waals surface area (Å²) < 4.78 is 0. The molecular formula is C15H29N3O3. The lowest BCUT2D eigenvalue weighted by Crippen LogP contribution is -2.45. The number of carboxylic acids is 1. The molecule has 0 aromatic rings. The second-order valence-corrected chi connectivity index (χ2v) is 7.04. The molecule has 0 saturated heterocycles. The van der Waals surface area contributed by atoms with Gasteiger partial charge < -0.3 is 21.1 Å². The van der Waals surface area contributed by atoms with Gasteiger partial charge in [-0.15, -0.1) is 0 Å². The number of hydrogen-bond acceptors (Lipinski definition) is 3. The Labute approximate surface area is 127 Å². The van der Waals surface area contributed by atoms with E-state index in [0.29, 0.717) is 19.0 Å². The summed E-state index contributed by atoms with van der Waals surface area (Å²) in [5.41, 5.74) is -0.0262. The molecule has 6 heteroatoms. The van der Waals surface area contributed by atoms with Crippen LogP contribution in [0.1, 0.15) is 52.9 Å². The Balaban J connectivity index is 2.20. The average molecular weight is 299 g/mol. The molecule has 0 aromatic heterocycles. The highest BCUT2D eigenvalue weighted by molar-refractivity contribution is 5.75. The number of urea groups is 1. The van der Waals surface area contributed by atoms with Gasteiger partial charge in [-0.3, -0.25) is 4.79 Å². The number of nitrogens with one attached hydrogen (secondary N) is 3. The average Bonchev–Trinajstić information content (AvgIpc) is 3.08. The second-order valence-electron chi connectivity index (χ2n) is 7.04. The van der Waals surface area contributed by atoms with Crippen molar-refractivity contribution in [1.29, 1.82) is 0 Å². The van der Waals surface area contributed by atoms with Crippen molar-refractivity contribution < 1.29 is 14.7 Å². The number of carboxylic acid groups (broad SMARTS) is 1. The first-order valence-corrected chi connectivity index (χ1v) is 7.76. The fraction of sp³-hybridized carbons (Fsp3) is 0.867. The third kappa shape index (κ3) is 10.1. The molecule has 1 fully saturated rings. The van der Waals surface area contributed by atoms with E-state index >= 15 is 0 Å². The Hall–Kier alpha value is -1.30. The normalized spacial score (nSPS) is 16.3. The van der Waals surface area contributed by atoms with Gasteiger partial charge in [0.15, 0.2) is 0 Å². The predicted molar refractivity (Wildman–Crippen MR) is 82.3 cm³/mol. The highest BCUT2D eigenvalue weighted by Crippen LogP contribution is 2.22. The molecule has 0 aromatic carbocycles. The van der Waals surface area contributed by atoms with E-state index in [1.165, 1.54) is 12.8 Å². The summed E-state index contributed by atoms with van der Waals surface area (Å²) in [5.74, 6) is -0.891. The molecule has 21 heavy (non-hydrogen) atoms. The lowest BCUT2D eigenvalue weighted by molar-refractivity contribution is -0.137. The van der Waals surface area contributed by atoms with Crippen LogP contribution in [0.4, 0.5) is 4.79 Å². The zero-order valence-electron chi connectivity index (χ0n) is 13.4. The Morgan fingerprint density at radius 1 is 1.24 bits per heavy atom. The van der Waals surface area contributed by atoms with Gasteiger partial charge >= 0.3 is 12.0 Å². The minimum Gasteiger partial charge on any atom is -0.481 e. The summed E-state index contributed by atoms with van der Waals surface area (Å²) in [4.78, 5) is 22.7. The summed E-state index contributed by atoms with van der Waals surface area (Å²) in [7, 11) is 0. The van der Waals surface area contributed by atoms with Crippen LogP contribution in [0.3, 0.4) is 0 Å². The van der Waals surface area contributed by atoms with E-state index in [-0.39, 0.29) is 23.9 Å². The number of hydrogen-bond donors (Lipinski definition) is 4. The van der Waals surface area contributed by atoms with Crippen LogP contribution in [0.5, 0.6) is 0 Å². The highest BCUT2D eigenvalue weighted by Gasteiger charge is 2.22. The third-order valence-corrected chi connectivity index (χ3v) is 3.26. The molecule has 0 aliphatic heterocycles. The maximum atomic E-state index is 11.8. The zero-order valence-corrected chi connectivity index (χ0v) is 13.4. The van der Waals surface area contributed by atoms with Gasteiger partial charge in [-0.1, -0.05) is 20.8 Å². The van der Waals surface area contributed by atoms with Crippen molar-refractivity contribution in [3.63, 3.8) is 0 Å². The van der Waals surface area contributed by atoms with E-state index in [1.807, 2.05) is 20.8 Å². The lowest BCUT2D eigenvalue weighted by atomic mass is 9.87. The van der Waals surface area contributed by atoms with Crippen molar-refractivity contribution in [1.82, 2.24) is 16.0 Å². The van der Waals surface area contributed by atoms with Crippen LogP contribution < -0.4 is 16.0 Å². The van der Waals surface area contributed by atoms with Crippen LogP contribution in [0.2, 0.25) is 0 Å². The van der Waals surface area contributed by atoms with Crippen LogP contribution in [0.15, 0.2) is 0 Å². The first kappa shape index (κ1) is 17.8. The van der Waals surface area contributed by atoms with Gasteiger partial charge in [0, 0.05) is 18.6 Å². The number of rotatable bonds is 9. The van der Waals surface area contributed by atoms with Crippen LogP contribution in [-0.4, -0.2) is 42.3 Å². The molecule has 1 atom stereocenters. The van der Waals surface area contributed by atoms with E-state index in [2.05, 4.69) is 16.0 Å². The summed E-state index contributed by atoms with van der Waals surface area (Å²) in [6.45, 7) is 7.60. The van der Waals surface area contributed by atoms with Gasteiger partial charge in [0.1, 0.15) is 0 Å². The molecule has 0 bridgehead atoms. The van der Waals surface area contributed by atoms with Crippen molar-refractivity contribution in [2.45, 2.75) is 65.0 Å². The highest BCUT2D eigenvalue weighted by atomic mass is 16.4. The van der Waals surface area contributed by atoms with Crippen molar-refractivity contribution >= 4 is 12.0 Å². The largest absolute Gasteiger partial charge is 0.481 e. The van der Waals surface area contributed by atoms with Crippen LogP contribution in [-0.2, 0) is 4.79 Å². The van der Waals surface area contributed by atoms with Gasteiger partial charge in [0.25, 0.3) is 0 Å². The molecule has 1 saturated carbocycles. The van der Waals surface area contributed by atoms with Gasteiger partial charge in [-0.25, -0.2) is 4.79 Å². The standard InChI is InChI=1S/C15H29N3O3/c1-15(2,3)10-12(9-13(19)20)18-14(21)17-8-4-7-16-11-5-6-11/h11-12,16H,4-10H2,1-3H3,(H,19,20)(H2,17,18,21). The maximum absolute atomic E-state index is 11.8. The van der Waals surface area contributed by atoms with Crippen LogP contribution in [0.25, 0.3) is 0 Å². The Morgan fingerprint density at radius 3 is 2.43 bits per heavy atom. The van der Waals surface area contributed by atoms with Crippen LogP contribution in [0, 0.1) is 5.41 Å². The number of amides is 2. The molecule has 1 aliphatic rings. The Morgan fingerprint density at radius 2 is 1.90 bits per heavy atom. The predicted octanol–water partition coefficient (Wildman–Crippen LogP) is 1.71.